The normalized spacial score (nSPS) is 12.8. The SMILES string of the molecule is CCOC(=O)C[C@H](CC(=O)C(CC(C)C)n1cc(CCN(C)C)c(C)cc1=O)c1cc(-c2c(C)ccc(OC)c2C)cc(C)c1F. The highest BCUT2D eigenvalue weighted by molar-refractivity contribution is 5.85. The lowest BCUT2D eigenvalue weighted by Gasteiger charge is -2.26. The Morgan fingerprint density at radius 3 is 2.28 bits per heavy atom. The fraction of sp³-hybridized carbons (Fsp3) is 0.500. The highest BCUT2D eigenvalue weighted by Gasteiger charge is 2.30. The minimum atomic E-state index is -0.791. The van der Waals surface area contributed by atoms with Crippen molar-refractivity contribution >= 4 is 11.8 Å². The Morgan fingerprint density at radius 1 is 0.978 bits per heavy atom. The first-order valence-corrected chi connectivity index (χ1v) is 16.2. The van der Waals surface area contributed by atoms with Gasteiger partial charge in [0, 0.05) is 31.1 Å². The van der Waals surface area contributed by atoms with E-state index in [0.717, 1.165) is 46.3 Å². The van der Waals surface area contributed by atoms with E-state index in [1.807, 2.05) is 67.0 Å². The first-order chi connectivity index (χ1) is 21.7. The van der Waals surface area contributed by atoms with Crippen molar-refractivity contribution in [3.63, 3.8) is 0 Å². The molecule has 46 heavy (non-hydrogen) atoms. The molecule has 0 radical (unpaired) electrons. The summed E-state index contributed by atoms with van der Waals surface area (Å²) in [5.41, 5.74) is 5.93. The molecule has 0 saturated heterocycles. The predicted octanol–water partition coefficient (Wildman–Crippen LogP) is 7.28. The van der Waals surface area contributed by atoms with Crippen LogP contribution in [0.1, 0.15) is 85.4 Å². The number of aryl methyl sites for hydroxylation is 3. The molecule has 1 aromatic heterocycles. The van der Waals surface area contributed by atoms with E-state index in [0.29, 0.717) is 17.7 Å². The summed E-state index contributed by atoms with van der Waals surface area (Å²) in [6.07, 6.45) is 2.69. The van der Waals surface area contributed by atoms with Gasteiger partial charge in [0.05, 0.1) is 26.2 Å². The molecular formula is C38H51FN2O5. The molecule has 8 heteroatoms. The van der Waals surface area contributed by atoms with Crippen LogP contribution in [0, 0.1) is 39.4 Å². The maximum atomic E-state index is 16.1. The molecule has 0 fully saturated rings. The van der Waals surface area contributed by atoms with Gasteiger partial charge in [0.2, 0.25) is 0 Å². The number of likely N-dealkylation sites (N-methyl/N-ethyl adjacent to an activating group) is 1. The molecule has 0 saturated carbocycles. The van der Waals surface area contributed by atoms with Gasteiger partial charge in [0.1, 0.15) is 11.6 Å². The molecule has 3 rings (SSSR count). The van der Waals surface area contributed by atoms with Crippen LogP contribution in [-0.4, -0.2) is 55.6 Å². The van der Waals surface area contributed by atoms with Crippen LogP contribution in [0.15, 0.2) is 41.3 Å². The smallest absolute Gasteiger partial charge is 0.306 e. The minimum absolute atomic E-state index is 0.109. The number of rotatable bonds is 15. The number of halogens is 1. The Hall–Kier alpha value is -3.78. The van der Waals surface area contributed by atoms with E-state index in [2.05, 4.69) is 4.90 Å². The number of esters is 1. The topological polar surface area (TPSA) is 77.8 Å². The van der Waals surface area contributed by atoms with E-state index >= 15 is 4.39 Å². The molecule has 0 bridgehead atoms. The number of ketones is 1. The number of hydrogen-bond donors (Lipinski definition) is 0. The van der Waals surface area contributed by atoms with Crippen molar-refractivity contribution in [3.8, 4) is 16.9 Å². The van der Waals surface area contributed by atoms with Gasteiger partial charge in [-0.05, 0) is 130 Å². The highest BCUT2D eigenvalue weighted by atomic mass is 19.1. The number of carbonyl (C=O) groups is 2. The Balaban J connectivity index is 2.15. The predicted molar refractivity (Wildman–Crippen MR) is 182 cm³/mol. The van der Waals surface area contributed by atoms with Crippen LogP contribution in [0.5, 0.6) is 5.75 Å². The molecule has 0 aliphatic carbocycles. The Morgan fingerprint density at radius 2 is 1.67 bits per heavy atom. The molecule has 0 aliphatic heterocycles. The summed E-state index contributed by atoms with van der Waals surface area (Å²) in [6, 6.07) is 8.24. The molecule has 0 aliphatic rings. The lowest BCUT2D eigenvalue weighted by atomic mass is 9.83. The number of methoxy groups -OCH3 is 1. The molecule has 0 amide bonds. The average Bonchev–Trinajstić information content (AvgIpc) is 2.97. The molecule has 1 unspecified atom stereocenters. The standard InChI is InChI=1S/C38H51FN2O5/c1-11-46-36(44)21-29(31-19-30(17-26(6)38(31)39)37-24(4)12-13-34(45-10)27(37)7)20-33(42)32(16-23(2)3)41-22-28(14-15-40(8)9)25(5)18-35(41)43/h12-13,17-19,22-23,29,32H,11,14-16,20-21H2,1-10H3/t29-,32?/m0/s1. The van der Waals surface area contributed by atoms with Crippen molar-refractivity contribution in [2.45, 2.75) is 86.1 Å². The van der Waals surface area contributed by atoms with Crippen molar-refractivity contribution in [3.05, 3.63) is 86.1 Å². The number of pyridine rings is 1. The largest absolute Gasteiger partial charge is 0.496 e. The molecular weight excluding hydrogens is 583 g/mol. The van der Waals surface area contributed by atoms with Crippen LogP contribution in [-0.2, 0) is 20.7 Å². The highest BCUT2D eigenvalue weighted by Crippen LogP contribution is 2.38. The Labute approximate surface area is 273 Å². The van der Waals surface area contributed by atoms with Gasteiger partial charge < -0.3 is 18.9 Å². The second-order valence-corrected chi connectivity index (χ2v) is 13.1. The van der Waals surface area contributed by atoms with Gasteiger partial charge >= 0.3 is 5.97 Å². The van der Waals surface area contributed by atoms with Gasteiger partial charge in [0.15, 0.2) is 5.78 Å². The van der Waals surface area contributed by atoms with Crippen molar-refractivity contribution in [1.29, 1.82) is 0 Å². The van der Waals surface area contributed by atoms with E-state index in [1.54, 1.807) is 43.7 Å². The number of carbonyl (C=O) groups excluding carboxylic acids is 2. The second kappa shape index (κ2) is 16.2. The van der Waals surface area contributed by atoms with Crippen molar-refractivity contribution in [2.75, 3.05) is 34.4 Å². The fourth-order valence-electron chi connectivity index (χ4n) is 6.21. The molecule has 250 valence electrons. The average molecular weight is 635 g/mol. The van der Waals surface area contributed by atoms with Crippen molar-refractivity contribution < 1.29 is 23.5 Å². The van der Waals surface area contributed by atoms with Gasteiger partial charge in [0.25, 0.3) is 5.56 Å². The number of ether oxygens (including phenoxy) is 2. The zero-order chi connectivity index (χ0) is 34.3. The third kappa shape index (κ3) is 8.93. The quantitative estimate of drug-likeness (QED) is 0.164. The summed E-state index contributed by atoms with van der Waals surface area (Å²) in [6.45, 7) is 14.3. The third-order valence-electron chi connectivity index (χ3n) is 8.65. The van der Waals surface area contributed by atoms with E-state index in [9.17, 15) is 14.4 Å². The van der Waals surface area contributed by atoms with Gasteiger partial charge in [-0.1, -0.05) is 19.9 Å². The first kappa shape index (κ1) is 36.7. The molecule has 7 nitrogen and oxygen atoms in total. The molecule has 1 heterocycles. The van der Waals surface area contributed by atoms with Crippen LogP contribution >= 0.6 is 0 Å². The van der Waals surface area contributed by atoms with Crippen LogP contribution in [0.3, 0.4) is 0 Å². The lowest BCUT2D eigenvalue weighted by Crippen LogP contribution is -2.32. The summed E-state index contributed by atoms with van der Waals surface area (Å²) in [5.74, 6) is -1.15. The number of Topliss-reactive ketones (excluding diaryl/α,β-unsaturated/α-hetero) is 1. The maximum Gasteiger partial charge on any atom is 0.306 e. The van der Waals surface area contributed by atoms with Crippen molar-refractivity contribution in [1.82, 2.24) is 9.47 Å². The molecule has 3 aromatic rings. The van der Waals surface area contributed by atoms with Crippen LogP contribution in [0.25, 0.3) is 11.1 Å². The maximum absolute atomic E-state index is 16.1. The van der Waals surface area contributed by atoms with Gasteiger partial charge in [-0.2, -0.15) is 0 Å². The Bertz CT molecular complexity index is 1610. The zero-order valence-corrected chi connectivity index (χ0v) is 29.3. The van der Waals surface area contributed by atoms with E-state index < -0.39 is 23.7 Å². The minimum Gasteiger partial charge on any atom is -0.496 e. The van der Waals surface area contributed by atoms with Crippen LogP contribution < -0.4 is 10.3 Å². The number of aromatic nitrogens is 1. The Kier molecular flexibility index (Phi) is 12.9. The lowest BCUT2D eigenvalue weighted by molar-refractivity contribution is -0.143. The van der Waals surface area contributed by atoms with E-state index in [-0.39, 0.29) is 42.3 Å². The number of benzene rings is 2. The number of hydrogen-bond acceptors (Lipinski definition) is 6. The van der Waals surface area contributed by atoms with Crippen LogP contribution in [0.4, 0.5) is 4.39 Å². The van der Waals surface area contributed by atoms with Gasteiger partial charge in [-0.3, -0.25) is 14.4 Å². The van der Waals surface area contributed by atoms with Gasteiger partial charge in [-0.25, -0.2) is 4.39 Å². The summed E-state index contributed by atoms with van der Waals surface area (Å²) in [5, 5.41) is 0. The van der Waals surface area contributed by atoms with E-state index in [4.69, 9.17) is 9.47 Å². The van der Waals surface area contributed by atoms with Crippen molar-refractivity contribution in [2.24, 2.45) is 5.92 Å². The molecule has 0 N–H and O–H groups in total. The summed E-state index contributed by atoms with van der Waals surface area (Å²) < 4.78 is 28.5. The third-order valence-corrected chi connectivity index (χ3v) is 8.65. The first-order valence-electron chi connectivity index (χ1n) is 16.2. The van der Waals surface area contributed by atoms with E-state index in [1.165, 1.54) is 0 Å². The summed E-state index contributed by atoms with van der Waals surface area (Å²) in [4.78, 5) is 42.6. The molecule has 2 atom stereocenters. The molecule has 2 aromatic carbocycles. The second-order valence-electron chi connectivity index (χ2n) is 13.1. The molecule has 0 spiro atoms. The summed E-state index contributed by atoms with van der Waals surface area (Å²) >= 11 is 0. The number of nitrogens with zero attached hydrogens (tertiary/aromatic N) is 2. The summed E-state index contributed by atoms with van der Waals surface area (Å²) in [7, 11) is 5.60. The fourth-order valence-corrected chi connectivity index (χ4v) is 6.21. The van der Waals surface area contributed by atoms with Crippen LogP contribution in [0.2, 0.25) is 0 Å². The van der Waals surface area contributed by atoms with Gasteiger partial charge in [-0.15, -0.1) is 0 Å². The zero-order valence-electron chi connectivity index (χ0n) is 29.3. The monoisotopic (exact) mass is 634 g/mol.